The van der Waals surface area contributed by atoms with Gasteiger partial charge in [0.1, 0.15) is 9.84 Å². The van der Waals surface area contributed by atoms with Crippen LogP contribution in [0.1, 0.15) is 12.0 Å². The molecule has 0 aliphatic rings. The van der Waals surface area contributed by atoms with E-state index in [0.717, 1.165) is 11.8 Å². The van der Waals surface area contributed by atoms with E-state index in [9.17, 15) is 13.2 Å². The predicted octanol–water partition coefficient (Wildman–Crippen LogP) is 1.41. The molecule has 5 nitrogen and oxygen atoms in total. The quantitative estimate of drug-likeness (QED) is 0.776. The summed E-state index contributed by atoms with van der Waals surface area (Å²) in [5.41, 5.74) is 6.39. The third-order valence-corrected chi connectivity index (χ3v) is 4.56. The first-order valence-corrected chi connectivity index (χ1v) is 9.16. The van der Waals surface area contributed by atoms with Gasteiger partial charge in [0.05, 0.1) is 11.8 Å². The highest BCUT2D eigenvalue weighted by Gasteiger charge is 2.15. The summed E-state index contributed by atoms with van der Waals surface area (Å²) in [7, 11) is -3.12. The summed E-state index contributed by atoms with van der Waals surface area (Å²) in [4.78, 5) is 11.7. The second kappa shape index (κ2) is 7.98. The van der Waals surface area contributed by atoms with Crippen LogP contribution in [0.3, 0.4) is 0 Å². The molecule has 8 heteroatoms. The van der Waals surface area contributed by atoms with Gasteiger partial charge in [-0.05, 0) is 30.5 Å². The lowest BCUT2D eigenvalue weighted by molar-refractivity contribution is -0.122. The van der Waals surface area contributed by atoms with E-state index in [0.29, 0.717) is 23.0 Å². The molecule has 1 amide bonds. The van der Waals surface area contributed by atoms with Gasteiger partial charge in [-0.15, -0.1) is 0 Å². The molecular weight excluding hydrogens is 335 g/mol. The largest absolute Gasteiger partial charge is 0.354 e. The summed E-state index contributed by atoms with van der Waals surface area (Å²) in [5, 5.41) is 3.73. The highest BCUT2D eigenvalue weighted by atomic mass is 35.5. The van der Waals surface area contributed by atoms with Crippen molar-refractivity contribution in [1.29, 1.82) is 0 Å². The summed E-state index contributed by atoms with van der Waals surface area (Å²) in [5.74, 6) is -0.500. The van der Waals surface area contributed by atoms with Crippen LogP contribution in [0.15, 0.2) is 18.2 Å². The third-order valence-electron chi connectivity index (χ3n) is 2.87. The molecule has 0 radical (unpaired) electrons. The topological polar surface area (TPSA) is 89.3 Å². The average molecular weight is 353 g/mol. The Labute approximate surface area is 134 Å². The number of nitrogens with two attached hydrogens (primary N) is 1. The number of carbonyl (C=O) groups is 1. The van der Waals surface area contributed by atoms with Gasteiger partial charge >= 0.3 is 0 Å². The van der Waals surface area contributed by atoms with Gasteiger partial charge in [-0.2, -0.15) is 0 Å². The Bertz CT molecular complexity index is 585. The van der Waals surface area contributed by atoms with E-state index >= 15 is 0 Å². The van der Waals surface area contributed by atoms with Gasteiger partial charge in [-0.1, -0.05) is 29.3 Å². The van der Waals surface area contributed by atoms with Crippen molar-refractivity contribution in [2.45, 2.75) is 18.9 Å². The fourth-order valence-corrected chi connectivity index (χ4v) is 2.95. The van der Waals surface area contributed by atoms with Crippen molar-refractivity contribution in [2.75, 3.05) is 18.6 Å². The molecular formula is C13H18Cl2N2O3S. The summed E-state index contributed by atoms with van der Waals surface area (Å²) >= 11 is 12.0. The van der Waals surface area contributed by atoms with Gasteiger partial charge < -0.3 is 11.1 Å². The molecule has 1 aromatic carbocycles. The molecule has 1 unspecified atom stereocenters. The molecule has 1 atom stereocenters. The Morgan fingerprint density at radius 3 is 2.43 bits per heavy atom. The molecule has 0 saturated carbocycles. The van der Waals surface area contributed by atoms with E-state index in [-0.39, 0.29) is 18.1 Å². The third kappa shape index (κ3) is 6.65. The zero-order valence-electron chi connectivity index (χ0n) is 11.6. The standard InChI is InChI=1S/C13H18Cl2N2O3S/c1-21(19,20)8-6-12(16)13(18)17-7-5-9-10(14)3-2-4-11(9)15/h2-4,12H,5-8,16H2,1H3,(H,17,18). The number of benzene rings is 1. The van der Waals surface area contributed by atoms with Crippen molar-refractivity contribution in [3.05, 3.63) is 33.8 Å². The van der Waals surface area contributed by atoms with Crippen LogP contribution in [0.4, 0.5) is 0 Å². The average Bonchev–Trinajstić information content (AvgIpc) is 2.38. The summed E-state index contributed by atoms with van der Waals surface area (Å²) in [6.07, 6.45) is 1.68. The lowest BCUT2D eigenvalue weighted by Crippen LogP contribution is -2.42. The minimum atomic E-state index is -3.12. The van der Waals surface area contributed by atoms with Crippen LogP contribution in [-0.2, 0) is 21.1 Å². The van der Waals surface area contributed by atoms with Crippen LogP contribution in [-0.4, -0.2) is 38.9 Å². The SMILES string of the molecule is CS(=O)(=O)CCC(N)C(=O)NCCc1c(Cl)cccc1Cl. The van der Waals surface area contributed by atoms with E-state index in [1.807, 2.05) is 0 Å². The highest BCUT2D eigenvalue weighted by molar-refractivity contribution is 7.90. The molecule has 0 saturated heterocycles. The number of nitrogens with one attached hydrogen (secondary N) is 1. The van der Waals surface area contributed by atoms with Gasteiger partial charge in [0.15, 0.2) is 0 Å². The molecule has 0 aliphatic carbocycles. The van der Waals surface area contributed by atoms with E-state index in [4.69, 9.17) is 28.9 Å². The monoisotopic (exact) mass is 352 g/mol. The molecule has 1 rings (SSSR count). The van der Waals surface area contributed by atoms with E-state index in [2.05, 4.69) is 5.32 Å². The van der Waals surface area contributed by atoms with Crippen molar-refractivity contribution < 1.29 is 13.2 Å². The van der Waals surface area contributed by atoms with Gasteiger partial charge in [0.2, 0.25) is 5.91 Å². The van der Waals surface area contributed by atoms with Crippen molar-refractivity contribution in [3.8, 4) is 0 Å². The lowest BCUT2D eigenvalue weighted by atomic mass is 10.1. The second-order valence-corrected chi connectivity index (χ2v) is 7.84. The molecule has 0 heterocycles. The summed E-state index contributed by atoms with van der Waals surface area (Å²) in [6.45, 7) is 0.328. The zero-order chi connectivity index (χ0) is 16.0. The Balaban J connectivity index is 2.43. The Morgan fingerprint density at radius 2 is 1.90 bits per heavy atom. The Kier molecular flexibility index (Phi) is 6.93. The number of halogens is 2. The van der Waals surface area contributed by atoms with Crippen LogP contribution in [0.5, 0.6) is 0 Å². The van der Waals surface area contributed by atoms with Crippen LogP contribution in [0.2, 0.25) is 10.0 Å². The highest BCUT2D eigenvalue weighted by Crippen LogP contribution is 2.24. The van der Waals surface area contributed by atoms with Crippen molar-refractivity contribution in [1.82, 2.24) is 5.32 Å². The van der Waals surface area contributed by atoms with E-state index in [1.165, 1.54) is 0 Å². The summed E-state index contributed by atoms with van der Waals surface area (Å²) < 4.78 is 22.0. The number of carbonyl (C=O) groups excluding carboxylic acids is 1. The molecule has 21 heavy (non-hydrogen) atoms. The molecule has 0 bridgehead atoms. The molecule has 0 spiro atoms. The van der Waals surface area contributed by atoms with Crippen molar-refractivity contribution in [3.63, 3.8) is 0 Å². The maximum Gasteiger partial charge on any atom is 0.236 e. The predicted molar refractivity (Wildman–Crippen MR) is 85.5 cm³/mol. The summed E-state index contributed by atoms with van der Waals surface area (Å²) in [6, 6.07) is 4.35. The van der Waals surface area contributed by atoms with Gasteiger partial charge in [-0.3, -0.25) is 4.79 Å². The van der Waals surface area contributed by atoms with Crippen LogP contribution in [0, 0.1) is 0 Å². The van der Waals surface area contributed by atoms with Crippen molar-refractivity contribution in [2.24, 2.45) is 5.73 Å². The first-order chi connectivity index (χ1) is 9.70. The fraction of sp³-hybridized carbons (Fsp3) is 0.462. The van der Waals surface area contributed by atoms with Crippen LogP contribution < -0.4 is 11.1 Å². The zero-order valence-corrected chi connectivity index (χ0v) is 13.9. The Morgan fingerprint density at radius 1 is 1.33 bits per heavy atom. The number of hydrogen-bond donors (Lipinski definition) is 2. The normalized spacial score (nSPS) is 13.0. The maximum atomic E-state index is 11.7. The second-order valence-electron chi connectivity index (χ2n) is 4.77. The maximum absolute atomic E-state index is 11.7. The Hall–Kier alpha value is -0.820. The van der Waals surface area contributed by atoms with Crippen LogP contribution >= 0.6 is 23.2 Å². The molecule has 0 aromatic heterocycles. The number of rotatable bonds is 7. The molecule has 1 aromatic rings. The molecule has 0 fully saturated rings. The minimum Gasteiger partial charge on any atom is -0.354 e. The van der Waals surface area contributed by atoms with Gasteiger partial charge in [0.25, 0.3) is 0 Å². The first-order valence-electron chi connectivity index (χ1n) is 6.34. The molecule has 0 aliphatic heterocycles. The molecule has 118 valence electrons. The number of hydrogen-bond acceptors (Lipinski definition) is 4. The van der Waals surface area contributed by atoms with Gasteiger partial charge in [-0.25, -0.2) is 8.42 Å². The number of sulfone groups is 1. The number of amides is 1. The van der Waals surface area contributed by atoms with Crippen molar-refractivity contribution >= 4 is 38.9 Å². The first kappa shape index (κ1) is 18.2. The fourth-order valence-electron chi connectivity index (χ4n) is 1.69. The minimum absolute atomic E-state index is 0.0948. The van der Waals surface area contributed by atoms with Crippen LogP contribution in [0.25, 0.3) is 0 Å². The smallest absolute Gasteiger partial charge is 0.236 e. The van der Waals surface area contributed by atoms with E-state index in [1.54, 1.807) is 18.2 Å². The molecule has 3 N–H and O–H groups in total. The van der Waals surface area contributed by atoms with E-state index < -0.39 is 15.9 Å². The van der Waals surface area contributed by atoms with Gasteiger partial charge in [0, 0.05) is 22.8 Å². The lowest BCUT2D eigenvalue weighted by Gasteiger charge is -2.12.